The van der Waals surface area contributed by atoms with Crippen molar-refractivity contribution in [3.63, 3.8) is 0 Å². The number of carbonyl (C=O) groups excluding carboxylic acids is 1. The van der Waals surface area contributed by atoms with Crippen molar-refractivity contribution in [2.24, 2.45) is 0 Å². The third-order valence-electron chi connectivity index (χ3n) is 2.80. The highest BCUT2D eigenvalue weighted by Gasteiger charge is 2.24. The predicted octanol–water partition coefficient (Wildman–Crippen LogP) is 2.80. The molecule has 0 fully saturated rings. The van der Waals surface area contributed by atoms with Gasteiger partial charge in [-0.05, 0) is 43.3 Å². The first-order valence-electron chi connectivity index (χ1n) is 6.18. The van der Waals surface area contributed by atoms with Gasteiger partial charge in [-0.1, -0.05) is 18.2 Å². The Morgan fingerprint density at radius 1 is 1.05 bits per heavy atom. The minimum Gasteiger partial charge on any atom is -0.291 e. The van der Waals surface area contributed by atoms with Crippen molar-refractivity contribution < 1.29 is 21.8 Å². The maximum absolute atomic E-state index is 12.8. The Hall–Kier alpha value is -2.05. The zero-order valence-electron chi connectivity index (χ0n) is 11.2. The van der Waals surface area contributed by atoms with Crippen molar-refractivity contribution in [2.45, 2.75) is 17.9 Å². The molecule has 2 rings (SSSR count). The van der Waals surface area contributed by atoms with Gasteiger partial charge >= 0.3 is 0 Å². The summed E-state index contributed by atoms with van der Waals surface area (Å²) in [6.45, 7) is 1.34. The van der Waals surface area contributed by atoms with Crippen LogP contribution >= 0.6 is 0 Å². The lowest BCUT2D eigenvalue weighted by Gasteiger charge is -2.12. The van der Waals surface area contributed by atoms with Gasteiger partial charge in [-0.2, -0.15) is 8.42 Å². The van der Waals surface area contributed by atoms with Gasteiger partial charge in [-0.3, -0.25) is 8.98 Å². The van der Waals surface area contributed by atoms with E-state index in [1.54, 1.807) is 18.2 Å². The lowest BCUT2D eigenvalue weighted by Crippen LogP contribution is -2.24. The van der Waals surface area contributed by atoms with Crippen molar-refractivity contribution in [1.29, 1.82) is 0 Å². The minimum absolute atomic E-state index is 0.0243. The molecule has 0 saturated carbocycles. The molecule has 1 atom stereocenters. The van der Waals surface area contributed by atoms with Crippen molar-refractivity contribution in [1.82, 2.24) is 0 Å². The lowest BCUT2D eigenvalue weighted by molar-refractivity contribution is 0.0825. The van der Waals surface area contributed by atoms with E-state index in [-0.39, 0.29) is 10.5 Å². The largest absolute Gasteiger partial charge is 0.297 e. The number of Topliss-reactive ketones (excluding diaryl/α,β-unsaturated/α-hetero) is 1. The summed E-state index contributed by atoms with van der Waals surface area (Å²) in [5.74, 6) is -1.01. The normalized spacial score (nSPS) is 12.9. The molecule has 2 aromatic carbocycles. The van der Waals surface area contributed by atoms with E-state index in [0.29, 0.717) is 0 Å². The highest BCUT2D eigenvalue weighted by Crippen LogP contribution is 2.16. The summed E-state index contributed by atoms with van der Waals surface area (Å²) in [6.07, 6.45) is -1.19. The van der Waals surface area contributed by atoms with E-state index in [9.17, 15) is 17.6 Å². The molecule has 0 radical (unpaired) electrons. The van der Waals surface area contributed by atoms with Gasteiger partial charge in [0.25, 0.3) is 10.1 Å². The first-order chi connectivity index (χ1) is 9.90. The van der Waals surface area contributed by atoms with E-state index >= 15 is 0 Å². The van der Waals surface area contributed by atoms with Crippen LogP contribution in [0.2, 0.25) is 0 Å². The van der Waals surface area contributed by atoms with E-state index in [0.717, 1.165) is 12.1 Å². The molecule has 6 heteroatoms. The van der Waals surface area contributed by atoms with Gasteiger partial charge in [0.1, 0.15) is 11.9 Å². The second-order valence-corrected chi connectivity index (χ2v) is 5.95. The Kier molecular flexibility index (Phi) is 4.50. The van der Waals surface area contributed by atoms with Crippen molar-refractivity contribution in [3.8, 4) is 0 Å². The van der Waals surface area contributed by atoms with Crippen LogP contribution in [0.5, 0.6) is 0 Å². The number of ketones is 1. The van der Waals surface area contributed by atoms with Crippen molar-refractivity contribution in [3.05, 3.63) is 66.0 Å². The van der Waals surface area contributed by atoms with Crippen LogP contribution in [0.15, 0.2) is 59.5 Å². The molecule has 4 nitrogen and oxygen atoms in total. The molecule has 0 aliphatic heterocycles. The summed E-state index contributed by atoms with van der Waals surface area (Å²) in [7, 11) is -4.02. The van der Waals surface area contributed by atoms with Gasteiger partial charge in [0.2, 0.25) is 0 Å². The molecule has 0 N–H and O–H groups in total. The number of carbonyl (C=O) groups is 1. The highest BCUT2D eigenvalue weighted by atomic mass is 32.2. The smallest absolute Gasteiger partial charge is 0.291 e. The minimum atomic E-state index is -4.02. The maximum atomic E-state index is 12.8. The van der Waals surface area contributed by atoms with Gasteiger partial charge in [-0.15, -0.1) is 0 Å². The fourth-order valence-electron chi connectivity index (χ4n) is 1.73. The van der Waals surface area contributed by atoms with Crippen LogP contribution in [0.1, 0.15) is 17.3 Å². The topological polar surface area (TPSA) is 60.4 Å². The van der Waals surface area contributed by atoms with E-state index in [1.807, 2.05) is 0 Å². The molecule has 2 aromatic rings. The van der Waals surface area contributed by atoms with Gasteiger partial charge in [0.15, 0.2) is 5.78 Å². The molecule has 0 aliphatic rings. The molecule has 0 heterocycles. The predicted molar refractivity (Wildman–Crippen MR) is 74.9 cm³/mol. The zero-order chi connectivity index (χ0) is 15.5. The monoisotopic (exact) mass is 308 g/mol. The quantitative estimate of drug-likeness (QED) is 0.629. The molecule has 0 saturated heterocycles. The van der Waals surface area contributed by atoms with Crippen LogP contribution in [0.25, 0.3) is 0 Å². The van der Waals surface area contributed by atoms with Crippen LogP contribution in [0, 0.1) is 5.82 Å². The average Bonchev–Trinajstić information content (AvgIpc) is 2.48. The second kappa shape index (κ2) is 6.15. The van der Waals surface area contributed by atoms with Gasteiger partial charge < -0.3 is 0 Å². The molecule has 0 spiro atoms. The van der Waals surface area contributed by atoms with Crippen LogP contribution in [-0.4, -0.2) is 20.3 Å². The SMILES string of the molecule is C[C@@H](OS(=O)(=O)c1ccccc1)C(=O)c1ccc(F)cc1. The molecular weight excluding hydrogens is 295 g/mol. The van der Waals surface area contributed by atoms with Gasteiger partial charge in [0.05, 0.1) is 4.90 Å². The van der Waals surface area contributed by atoms with Crippen molar-refractivity contribution >= 4 is 15.9 Å². The van der Waals surface area contributed by atoms with Gasteiger partial charge in [-0.25, -0.2) is 4.39 Å². The lowest BCUT2D eigenvalue weighted by atomic mass is 10.1. The first kappa shape index (κ1) is 15.3. The van der Waals surface area contributed by atoms with Gasteiger partial charge in [0, 0.05) is 5.56 Å². The molecular formula is C15H13FO4S. The van der Waals surface area contributed by atoms with Crippen LogP contribution < -0.4 is 0 Å². The number of hydrogen-bond donors (Lipinski definition) is 0. The molecule has 0 aromatic heterocycles. The Labute approximate surface area is 122 Å². The van der Waals surface area contributed by atoms with E-state index < -0.39 is 27.8 Å². The van der Waals surface area contributed by atoms with E-state index in [4.69, 9.17) is 4.18 Å². The van der Waals surface area contributed by atoms with E-state index in [2.05, 4.69) is 0 Å². The Bertz CT molecular complexity index is 724. The standard InChI is InChI=1S/C15H13FO4S/c1-11(15(17)12-7-9-13(16)10-8-12)20-21(18,19)14-5-3-2-4-6-14/h2-11H,1H3/t11-/m1/s1. The fraction of sp³-hybridized carbons (Fsp3) is 0.133. The summed E-state index contributed by atoms with van der Waals surface area (Å²) in [6, 6.07) is 12.4. The molecule has 0 bridgehead atoms. The fourth-order valence-corrected chi connectivity index (χ4v) is 2.79. The Balaban J connectivity index is 2.16. The Morgan fingerprint density at radius 2 is 1.62 bits per heavy atom. The van der Waals surface area contributed by atoms with Crippen LogP contribution in [-0.2, 0) is 14.3 Å². The maximum Gasteiger partial charge on any atom is 0.297 e. The summed E-state index contributed by atoms with van der Waals surface area (Å²) >= 11 is 0. The molecule has 21 heavy (non-hydrogen) atoms. The van der Waals surface area contributed by atoms with Crippen LogP contribution in [0.3, 0.4) is 0 Å². The number of benzene rings is 2. The highest BCUT2D eigenvalue weighted by molar-refractivity contribution is 7.86. The number of hydrogen-bond acceptors (Lipinski definition) is 4. The third-order valence-corrected chi connectivity index (χ3v) is 4.19. The first-order valence-corrected chi connectivity index (χ1v) is 7.59. The van der Waals surface area contributed by atoms with Crippen LogP contribution in [0.4, 0.5) is 4.39 Å². The summed E-state index contributed by atoms with van der Waals surface area (Å²) in [5, 5.41) is 0. The van der Waals surface area contributed by atoms with E-state index in [1.165, 1.54) is 31.2 Å². The molecule has 0 aliphatic carbocycles. The molecule has 0 unspecified atom stereocenters. The molecule has 110 valence electrons. The summed E-state index contributed by atoms with van der Waals surface area (Å²) in [4.78, 5) is 12.0. The summed E-state index contributed by atoms with van der Waals surface area (Å²) < 4.78 is 41.7. The van der Waals surface area contributed by atoms with Crippen molar-refractivity contribution in [2.75, 3.05) is 0 Å². The number of halogens is 1. The second-order valence-electron chi connectivity index (χ2n) is 4.38. The zero-order valence-corrected chi connectivity index (χ0v) is 12.0. The Morgan fingerprint density at radius 3 is 2.19 bits per heavy atom. The third kappa shape index (κ3) is 3.74. The molecule has 0 amide bonds. The number of rotatable bonds is 5. The summed E-state index contributed by atoms with van der Waals surface area (Å²) in [5.41, 5.74) is 0.187. The average molecular weight is 308 g/mol.